The van der Waals surface area contributed by atoms with E-state index in [1.54, 1.807) is 12.4 Å². The van der Waals surface area contributed by atoms with E-state index in [-0.39, 0.29) is 17.8 Å². The highest BCUT2D eigenvalue weighted by Crippen LogP contribution is 2.29. The second-order valence-electron chi connectivity index (χ2n) is 7.74. The third-order valence-electron chi connectivity index (χ3n) is 5.70. The lowest BCUT2D eigenvalue weighted by molar-refractivity contribution is -0.113. The molecule has 3 aromatic rings. The lowest BCUT2D eigenvalue weighted by atomic mass is 10.2. The monoisotopic (exact) mass is 451 g/mol. The number of hydrogen-bond acceptors (Lipinski definition) is 7. The molecule has 1 fully saturated rings. The van der Waals surface area contributed by atoms with Crippen LogP contribution in [0.15, 0.2) is 29.7 Å². The normalized spacial score (nSPS) is 15.6. The van der Waals surface area contributed by atoms with E-state index in [4.69, 9.17) is 4.74 Å². The van der Waals surface area contributed by atoms with Crippen molar-refractivity contribution >= 4 is 23.5 Å². The lowest BCUT2D eigenvalue weighted by Crippen LogP contribution is -2.22. The number of pyridine rings is 1. The molecular weight excluding hydrogens is 426 g/mol. The van der Waals surface area contributed by atoms with Crippen LogP contribution in [0, 0.1) is 25.2 Å². The smallest absolute Gasteiger partial charge is 0.235 e. The molecule has 9 nitrogen and oxygen atoms in total. The van der Waals surface area contributed by atoms with Gasteiger partial charge in [-0.15, -0.1) is 10.2 Å². The summed E-state index contributed by atoms with van der Waals surface area (Å²) in [6.07, 6.45) is 5.54. The van der Waals surface area contributed by atoms with Crippen molar-refractivity contribution in [2.45, 2.75) is 44.5 Å². The Morgan fingerprint density at radius 2 is 2.25 bits per heavy atom. The fourth-order valence-electron chi connectivity index (χ4n) is 3.84. The topological polar surface area (TPSA) is 111 Å². The number of ether oxygens (including phenoxy) is 1. The lowest BCUT2D eigenvalue weighted by Gasteiger charge is -2.16. The first-order valence-electron chi connectivity index (χ1n) is 10.4. The molecule has 0 aliphatic carbocycles. The summed E-state index contributed by atoms with van der Waals surface area (Å²) in [6, 6.07) is 6.00. The van der Waals surface area contributed by atoms with E-state index >= 15 is 0 Å². The first-order chi connectivity index (χ1) is 15.5. The molecule has 1 aliphatic rings. The van der Waals surface area contributed by atoms with Crippen LogP contribution in [-0.4, -0.2) is 48.7 Å². The Kier molecular flexibility index (Phi) is 6.58. The van der Waals surface area contributed by atoms with E-state index in [9.17, 15) is 10.1 Å². The Morgan fingerprint density at radius 1 is 1.41 bits per heavy atom. The second-order valence-corrected chi connectivity index (χ2v) is 8.68. The third kappa shape index (κ3) is 4.40. The van der Waals surface area contributed by atoms with Gasteiger partial charge in [0.05, 0.1) is 24.0 Å². The fraction of sp³-hybridized carbons (Fsp3) is 0.409. The van der Waals surface area contributed by atoms with Gasteiger partial charge < -0.3 is 19.2 Å². The van der Waals surface area contributed by atoms with Crippen molar-refractivity contribution in [1.82, 2.24) is 24.3 Å². The maximum absolute atomic E-state index is 12.8. The molecule has 0 unspecified atom stereocenters. The molecule has 4 rings (SSSR count). The van der Waals surface area contributed by atoms with Crippen LogP contribution >= 0.6 is 11.8 Å². The van der Waals surface area contributed by atoms with Crippen molar-refractivity contribution in [1.29, 1.82) is 5.26 Å². The minimum atomic E-state index is -0.205. The zero-order valence-corrected chi connectivity index (χ0v) is 19.1. The Balaban J connectivity index is 1.47. The van der Waals surface area contributed by atoms with Gasteiger partial charge >= 0.3 is 0 Å². The fourth-order valence-corrected chi connectivity index (χ4v) is 4.55. The first kappa shape index (κ1) is 22.0. The summed E-state index contributed by atoms with van der Waals surface area (Å²) in [5.74, 6) is 1.16. The number of carbonyl (C=O) groups is 1. The van der Waals surface area contributed by atoms with Crippen molar-refractivity contribution in [3.05, 3.63) is 41.3 Å². The summed E-state index contributed by atoms with van der Waals surface area (Å²) in [4.78, 5) is 16.9. The molecule has 1 saturated heterocycles. The molecule has 0 saturated carbocycles. The van der Waals surface area contributed by atoms with Crippen LogP contribution in [0.5, 0.6) is 0 Å². The van der Waals surface area contributed by atoms with Gasteiger partial charge in [-0.3, -0.25) is 9.78 Å². The van der Waals surface area contributed by atoms with E-state index in [0.29, 0.717) is 28.9 Å². The SMILES string of the molecule is Cc1c(C#N)c(NC(=O)CSc2nnc(-c3cccnc3)n2C)n(C[C@@H]2CCCO2)c1C. The summed E-state index contributed by atoms with van der Waals surface area (Å²) < 4.78 is 9.60. The predicted molar refractivity (Wildman–Crippen MR) is 121 cm³/mol. The molecule has 0 aromatic carbocycles. The van der Waals surface area contributed by atoms with Crippen molar-refractivity contribution < 1.29 is 9.53 Å². The Bertz CT molecular complexity index is 1160. The third-order valence-corrected chi connectivity index (χ3v) is 6.72. The number of aromatic nitrogens is 5. The van der Waals surface area contributed by atoms with E-state index in [0.717, 1.165) is 36.3 Å². The zero-order chi connectivity index (χ0) is 22.7. The van der Waals surface area contributed by atoms with Crippen LogP contribution in [0.1, 0.15) is 29.7 Å². The Morgan fingerprint density at radius 3 is 2.94 bits per heavy atom. The van der Waals surface area contributed by atoms with Crippen LogP contribution in [0.2, 0.25) is 0 Å². The van der Waals surface area contributed by atoms with Crippen molar-refractivity contribution in [2.24, 2.45) is 7.05 Å². The van der Waals surface area contributed by atoms with Crippen LogP contribution in [-0.2, 0) is 23.1 Å². The molecule has 10 heteroatoms. The van der Waals surface area contributed by atoms with Gasteiger partial charge in [0.1, 0.15) is 11.9 Å². The average molecular weight is 452 g/mol. The van der Waals surface area contributed by atoms with E-state index in [1.807, 2.05) is 42.2 Å². The number of nitrogens with one attached hydrogen (secondary N) is 1. The molecule has 166 valence electrons. The number of rotatable bonds is 7. The number of nitrogens with zero attached hydrogens (tertiary/aromatic N) is 6. The molecule has 1 atom stereocenters. The second kappa shape index (κ2) is 9.54. The first-order valence-corrected chi connectivity index (χ1v) is 11.4. The van der Waals surface area contributed by atoms with Gasteiger partial charge in [-0.05, 0) is 44.4 Å². The van der Waals surface area contributed by atoms with Gasteiger partial charge in [-0.25, -0.2) is 0 Å². The van der Waals surface area contributed by atoms with Gasteiger partial charge in [-0.2, -0.15) is 5.26 Å². The quantitative estimate of drug-likeness (QED) is 0.550. The molecule has 4 heterocycles. The summed E-state index contributed by atoms with van der Waals surface area (Å²) in [7, 11) is 1.86. The van der Waals surface area contributed by atoms with Crippen LogP contribution in [0.3, 0.4) is 0 Å². The Labute approximate surface area is 190 Å². The highest BCUT2D eigenvalue weighted by atomic mass is 32.2. The summed E-state index contributed by atoms with van der Waals surface area (Å²) in [5.41, 5.74) is 3.20. The van der Waals surface area contributed by atoms with Gasteiger partial charge in [0, 0.05) is 37.3 Å². The maximum Gasteiger partial charge on any atom is 0.235 e. The number of thioether (sulfide) groups is 1. The highest BCUT2D eigenvalue weighted by molar-refractivity contribution is 7.99. The number of carbonyl (C=O) groups excluding carboxylic acids is 1. The van der Waals surface area contributed by atoms with Crippen molar-refractivity contribution in [2.75, 3.05) is 17.7 Å². The molecule has 0 bridgehead atoms. The van der Waals surface area contributed by atoms with Crippen molar-refractivity contribution in [3.8, 4) is 17.5 Å². The van der Waals surface area contributed by atoms with Gasteiger partial charge in [-0.1, -0.05) is 11.8 Å². The molecular formula is C22H25N7O2S. The number of hydrogen-bond donors (Lipinski definition) is 1. The number of nitriles is 1. The minimum absolute atomic E-state index is 0.0987. The van der Waals surface area contributed by atoms with Crippen LogP contribution in [0.25, 0.3) is 11.4 Å². The highest BCUT2D eigenvalue weighted by Gasteiger charge is 2.24. The van der Waals surface area contributed by atoms with Crippen LogP contribution < -0.4 is 5.32 Å². The van der Waals surface area contributed by atoms with Gasteiger partial charge in [0.15, 0.2) is 11.0 Å². The van der Waals surface area contributed by atoms with Gasteiger partial charge in [0.25, 0.3) is 0 Å². The molecule has 1 amide bonds. The predicted octanol–water partition coefficient (Wildman–Crippen LogP) is 3.08. The van der Waals surface area contributed by atoms with Crippen LogP contribution in [0.4, 0.5) is 5.82 Å². The molecule has 1 N–H and O–H groups in total. The summed E-state index contributed by atoms with van der Waals surface area (Å²) >= 11 is 1.29. The summed E-state index contributed by atoms with van der Waals surface area (Å²) in [5, 5.41) is 21.7. The van der Waals surface area contributed by atoms with E-state index < -0.39 is 0 Å². The van der Waals surface area contributed by atoms with E-state index in [1.165, 1.54) is 11.8 Å². The van der Waals surface area contributed by atoms with E-state index in [2.05, 4.69) is 26.6 Å². The molecule has 3 aromatic heterocycles. The minimum Gasteiger partial charge on any atom is -0.376 e. The maximum atomic E-state index is 12.8. The number of anilines is 1. The standard InChI is InChI=1S/C22H25N7O2S/c1-14-15(2)29(12-17-7-5-9-31-17)21(18(14)10-23)25-19(30)13-32-22-27-26-20(28(22)3)16-6-4-8-24-11-16/h4,6,8,11,17H,5,7,9,12-13H2,1-3H3,(H,25,30)/t17-/m0/s1. The number of amides is 1. The molecule has 1 aliphatic heterocycles. The zero-order valence-electron chi connectivity index (χ0n) is 18.3. The van der Waals surface area contributed by atoms with Crippen molar-refractivity contribution in [3.63, 3.8) is 0 Å². The molecule has 32 heavy (non-hydrogen) atoms. The largest absolute Gasteiger partial charge is 0.376 e. The molecule has 0 radical (unpaired) electrons. The molecule has 0 spiro atoms. The summed E-state index contributed by atoms with van der Waals surface area (Å²) in [6.45, 7) is 5.25. The average Bonchev–Trinajstić information content (AvgIpc) is 3.50. The van der Waals surface area contributed by atoms with Gasteiger partial charge in [0.2, 0.25) is 5.91 Å². The Hall–Kier alpha value is -3.16.